The van der Waals surface area contributed by atoms with Gasteiger partial charge < -0.3 is 14.8 Å². The first-order valence-corrected chi connectivity index (χ1v) is 9.93. The number of rotatable bonds is 7. The van der Waals surface area contributed by atoms with Crippen LogP contribution in [0.4, 0.5) is 14.7 Å². The predicted molar refractivity (Wildman–Crippen MR) is 109 cm³/mol. The number of fused-ring (bicyclic) bond motifs is 2. The molecule has 0 amide bonds. The first-order valence-electron chi connectivity index (χ1n) is 9.93. The van der Waals surface area contributed by atoms with Gasteiger partial charge in [-0.05, 0) is 30.7 Å². The molecule has 1 N–H and O–H groups in total. The number of hydrogen-bond acceptors (Lipinski definition) is 7. The quantitative estimate of drug-likeness (QED) is 0.483. The highest BCUT2D eigenvalue weighted by Gasteiger charge is 2.26. The molecule has 0 saturated carbocycles. The minimum atomic E-state index is -2.52. The summed E-state index contributed by atoms with van der Waals surface area (Å²) in [6.07, 6.45) is -0.701. The molecule has 1 aliphatic rings. The second-order valence-corrected chi connectivity index (χ2v) is 7.56. The van der Waals surface area contributed by atoms with Crippen LogP contribution in [0.25, 0.3) is 27.7 Å². The van der Waals surface area contributed by atoms with Crippen molar-refractivity contribution in [3.63, 3.8) is 0 Å². The van der Waals surface area contributed by atoms with Crippen LogP contribution in [0.5, 0.6) is 5.88 Å². The summed E-state index contributed by atoms with van der Waals surface area (Å²) in [6, 6.07) is 7.47. The average Bonchev–Trinajstić information content (AvgIpc) is 3.29. The van der Waals surface area contributed by atoms with E-state index in [0.29, 0.717) is 34.3 Å². The van der Waals surface area contributed by atoms with Crippen LogP contribution in [-0.2, 0) is 11.3 Å². The molecule has 1 fully saturated rings. The largest absolute Gasteiger partial charge is 0.479 e. The van der Waals surface area contributed by atoms with Crippen LogP contribution in [0.3, 0.4) is 0 Å². The zero-order valence-corrected chi connectivity index (χ0v) is 17.0. The second kappa shape index (κ2) is 7.73. The Balaban J connectivity index is 1.54. The van der Waals surface area contributed by atoms with Crippen LogP contribution in [-0.4, -0.2) is 62.4 Å². The molecule has 1 saturated heterocycles. The number of halogens is 2. The number of benzene rings is 1. The van der Waals surface area contributed by atoms with Crippen molar-refractivity contribution in [3.8, 4) is 17.0 Å². The van der Waals surface area contributed by atoms with Crippen LogP contribution in [0.2, 0.25) is 0 Å². The van der Waals surface area contributed by atoms with Gasteiger partial charge in [0.25, 0.3) is 6.43 Å². The Kier molecular flexibility index (Phi) is 4.89. The molecule has 1 unspecified atom stereocenters. The van der Waals surface area contributed by atoms with Gasteiger partial charge in [0, 0.05) is 23.7 Å². The van der Waals surface area contributed by atoms with Crippen LogP contribution in [0, 0.1) is 5.92 Å². The molecule has 31 heavy (non-hydrogen) atoms. The maximum Gasteiger partial charge on any atom is 0.258 e. The third kappa shape index (κ3) is 3.54. The molecule has 9 nitrogen and oxygen atoms in total. The topological polar surface area (TPSA) is 91.4 Å². The summed E-state index contributed by atoms with van der Waals surface area (Å²) in [5, 5.41) is 15.7. The molecular weight excluding hydrogens is 408 g/mol. The summed E-state index contributed by atoms with van der Waals surface area (Å²) in [7, 11) is 1.55. The smallest absolute Gasteiger partial charge is 0.258 e. The van der Waals surface area contributed by atoms with Crippen molar-refractivity contribution < 1.29 is 18.3 Å². The van der Waals surface area contributed by atoms with Crippen molar-refractivity contribution >= 4 is 22.5 Å². The molecule has 1 aromatic carbocycles. The van der Waals surface area contributed by atoms with Gasteiger partial charge >= 0.3 is 0 Å². The number of methoxy groups -OCH3 is 1. The molecule has 0 radical (unpaired) electrons. The SMILES string of the molecule is COc1nc(NC(C)C2COC2)nn2ccc(-c3ccc4nnn(CC(F)F)c4c3)c12. The van der Waals surface area contributed by atoms with Crippen molar-refractivity contribution in [2.45, 2.75) is 25.9 Å². The van der Waals surface area contributed by atoms with E-state index in [1.165, 1.54) is 4.68 Å². The van der Waals surface area contributed by atoms with Gasteiger partial charge in [-0.1, -0.05) is 11.3 Å². The molecule has 3 aromatic heterocycles. The maximum absolute atomic E-state index is 12.9. The van der Waals surface area contributed by atoms with E-state index in [4.69, 9.17) is 9.47 Å². The van der Waals surface area contributed by atoms with Gasteiger partial charge in [-0.15, -0.1) is 10.2 Å². The number of nitrogens with zero attached hydrogens (tertiary/aromatic N) is 6. The highest BCUT2D eigenvalue weighted by molar-refractivity contribution is 5.89. The summed E-state index contributed by atoms with van der Waals surface area (Å²) in [4.78, 5) is 4.53. The molecule has 0 aliphatic carbocycles. The summed E-state index contributed by atoms with van der Waals surface area (Å²) < 4.78 is 39.5. The van der Waals surface area contributed by atoms with E-state index >= 15 is 0 Å². The van der Waals surface area contributed by atoms with E-state index in [2.05, 4.69) is 32.6 Å². The normalized spacial score (nSPS) is 15.5. The molecule has 0 bridgehead atoms. The Bertz CT molecular complexity index is 1240. The van der Waals surface area contributed by atoms with E-state index in [9.17, 15) is 8.78 Å². The van der Waals surface area contributed by atoms with Crippen molar-refractivity contribution in [3.05, 3.63) is 30.5 Å². The fourth-order valence-electron chi connectivity index (χ4n) is 3.69. The van der Waals surface area contributed by atoms with Crippen molar-refractivity contribution in [2.24, 2.45) is 5.92 Å². The summed E-state index contributed by atoms with van der Waals surface area (Å²) in [5.74, 6) is 1.29. The highest BCUT2D eigenvalue weighted by Crippen LogP contribution is 2.33. The number of hydrogen-bond donors (Lipinski definition) is 1. The van der Waals surface area contributed by atoms with Crippen LogP contribution in [0.1, 0.15) is 6.92 Å². The Labute approximate surface area is 176 Å². The lowest BCUT2D eigenvalue weighted by atomic mass is 10.0. The lowest BCUT2D eigenvalue weighted by Gasteiger charge is -2.31. The Morgan fingerprint density at radius 1 is 1.29 bits per heavy atom. The van der Waals surface area contributed by atoms with Crippen LogP contribution >= 0.6 is 0 Å². The van der Waals surface area contributed by atoms with Gasteiger partial charge in [0.05, 0.1) is 25.8 Å². The molecule has 11 heteroatoms. The van der Waals surface area contributed by atoms with Gasteiger partial charge in [0.2, 0.25) is 11.8 Å². The summed E-state index contributed by atoms with van der Waals surface area (Å²) in [6.45, 7) is 3.00. The van der Waals surface area contributed by atoms with Crippen LogP contribution in [0.15, 0.2) is 30.5 Å². The minimum absolute atomic E-state index is 0.163. The average molecular weight is 429 g/mol. The molecule has 0 spiro atoms. The Morgan fingerprint density at radius 3 is 2.84 bits per heavy atom. The fraction of sp³-hybridized carbons (Fsp3) is 0.400. The predicted octanol–water partition coefficient (Wildman–Crippen LogP) is 2.86. The van der Waals surface area contributed by atoms with E-state index in [0.717, 1.165) is 24.3 Å². The van der Waals surface area contributed by atoms with Gasteiger partial charge in [-0.2, -0.15) is 4.98 Å². The van der Waals surface area contributed by atoms with Gasteiger partial charge in [0.1, 0.15) is 17.6 Å². The van der Waals surface area contributed by atoms with Crippen molar-refractivity contribution in [1.29, 1.82) is 0 Å². The van der Waals surface area contributed by atoms with Crippen LogP contribution < -0.4 is 10.1 Å². The van der Waals surface area contributed by atoms with E-state index < -0.39 is 13.0 Å². The summed E-state index contributed by atoms with van der Waals surface area (Å²) >= 11 is 0. The van der Waals surface area contributed by atoms with Gasteiger partial charge in [-0.25, -0.2) is 18.0 Å². The molecular formula is C20H21F2N7O2. The molecule has 1 aliphatic heterocycles. The lowest BCUT2D eigenvalue weighted by Crippen LogP contribution is -2.40. The number of anilines is 1. The Morgan fingerprint density at radius 2 is 2.13 bits per heavy atom. The number of alkyl halides is 2. The first-order chi connectivity index (χ1) is 15.0. The summed E-state index contributed by atoms with van der Waals surface area (Å²) in [5.41, 5.74) is 3.38. The lowest BCUT2D eigenvalue weighted by molar-refractivity contribution is -0.0380. The molecule has 162 valence electrons. The third-order valence-electron chi connectivity index (χ3n) is 5.54. The monoisotopic (exact) mass is 429 g/mol. The number of nitrogens with one attached hydrogen (secondary N) is 1. The van der Waals surface area contributed by atoms with E-state index in [-0.39, 0.29) is 6.04 Å². The second-order valence-electron chi connectivity index (χ2n) is 7.56. The fourth-order valence-corrected chi connectivity index (χ4v) is 3.69. The third-order valence-corrected chi connectivity index (χ3v) is 5.54. The number of ether oxygens (including phenoxy) is 2. The standard InChI is InChI=1S/C20H21F2N7O2/c1-11(13-9-31-10-13)23-20-24-19(30-2)18-14(5-6-28(18)26-20)12-3-4-15-16(7-12)29(27-25-15)8-17(21)22/h3-7,11,13,17H,8-10H2,1-2H3,(H,23,26). The molecule has 4 aromatic rings. The van der Waals surface area contributed by atoms with E-state index in [1.807, 2.05) is 18.3 Å². The highest BCUT2D eigenvalue weighted by atomic mass is 19.3. The van der Waals surface area contributed by atoms with Gasteiger partial charge in [0.15, 0.2) is 0 Å². The Hall–Kier alpha value is -3.34. The number of aromatic nitrogens is 6. The minimum Gasteiger partial charge on any atom is -0.479 e. The zero-order chi connectivity index (χ0) is 21.5. The first kappa shape index (κ1) is 19.6. The zero-order valence-electron chi connectivity index (χ0n) is 17.0. The van der Waals surface area contributed by atoms with Crippen molar-refractivity contribution in [1.82, 2.24) is 29.6 Å². The molecule has 1 atom stereocenters. The van der Waals surface area contributed by atoms with Crippen molar-refractivity contribution in [2.75, 3.05) is 25.6 Å². The maximum atomic E-state index is 12.9. The molecule has 5 rings (SSSR count). The van der Waals surface area contributed by atoms with Gasteiger partial charge in [-0.3, -0.25) is 0 Å². The molecule has 4 heterocycles. The van der Waals surface area contributed by atoms with E-state index in [1.54, 1.807) is 23.8 Å².